The standard InChI is InChI=1S/C29H36N4O4Si/c1-18(20-6-7-20)32-16-23-14-21(8-9-24(23)28(32)34)22-10-11-30-25(15-22)27-31-26(29(35)36)19(2)33(27)17-37-12-13-38(3,4)5/h8-11,14-15,18,20H,6-7,12-13,16-17H2,1-5H3,(H,35,36). The molecule has 2 aromatic heterocycles. The van der Waals surface area contributed by atoms with E-state index in [0.717, 1.165) is 28.3 Å². The Morgan fingerprint density at radius 1 is 1.18 bits per heavy atom. The fourth-order valence-corrected chi connectivity index (χ4v) is 5.80. The first-order chi connectivity index (χ1) is 18.0. The number of rotatable bonds is 10. The Kier molecular flexibility index (Phi) is 7.00. The molecular weight excluding hydrogens is 496 g/mol. The lowest BCUT2D eigenvalue weighted by Crippen LogP contribution is -2.34. The maximum absolute atomic E-state index is 13.0. The molecule has 2 aliphatic rings. The molecule has 38 heavy (non-hydrogen) atoms. The van der Waals surface area contributed by atoms with E-state index >= 15 is 0 Å². The van der Waals surface area contributed by atoms with Gasteiger partial charge in [-0.15, -0.1) is 0 Å². The summed E-state index contributed by atoms with van der Waals surface area (Å²) in [5.41, 5.74) is 4.86. The van der Waals surface area contributed by atoms with Gasteiger partial charge in [-0.2, -0.15) is 0 Å². The van der Waals surface area contributed by atoms with Crippen molar-refractivity contribution >= 4 is 20.0 Å². The number of aromatic carboxylic acids is 1. The Labute approximate surface area is 224 Å². The number of carbonyl (C=O) groups excluding carboxylic acids is 1. The molecule has 1 fully saturated rings. The summed E-state index contributed by atoms with van der Waals surface area (Å²) in [6, 6.07) is 11.1. The lowest BCUT2D eigenvalue weighted by molar-refractivity contribution is 0.0682. The van der Waals surface area contributed by atoms with Crippen LogP contribution in [0.5, 0.6) is 0 Å². The fraction of sp³-hybridized carbons (Fsp3) is 0.448. The van der Waals surface area contributed by atoms with E-state index in [1.54, 1.807) is 17.7 Å². The summed E-state index contributed by atoms with van der Waals surface area (Å²) in [5, 5.41) is 9.71. The van der Waals surface area contributed by atoms with Gasteiger partial charge in [-0.3, -0.25) is 9.78 Å². The van der Waals surface area contributed by atoms with Crippen LogP contribution in [0.25, 0.3) is 22.6 Å². The van der Waals surface area contributed by atoms with Crippen molar-refractivity contribution in [2.75, 3.05) is 6.61 Å². The molecule has 1 aromatic carbocycles. The van der Waals surface area contributed by atoms with E-state index in [1.165, 1.54) is 12.8 Å². The maximum Gasteiger partial charge on any atom is 0.356 e. The summed E-state index contributed by atoms with van der Waals surface area (Å²) in [4.78, 5) is 35.8. The number of aromatic nitrogens is 3. The molecule has 1 saturated carbocycles. The Bertz CT molecular complexity index is 1390. The molecule has 3 aromatic rings. The van der Waals surface area contributed by atoms with Gasteiger partial charge in [0, 0.05) is 39.0 Å². The zero-order valence-corrected chi connectivity index (χ0v) is 23.8. The van der Waals surface area contributed by atoms with Crippen molar-refractivity contribution in [1.82, 2.24) is 19.4 Å². The molecule has 8 nitrogen and oxygen atoms in total. The number of hydrogen-bond acceptors (Lipinski definition) is 5. The molecule has 1 N–H and O–H groups in total. The molecule has 1 atom stereocenters. The molecule has 1 aliphatic carbocycles. The van der Waals surface area contributed by atoms with Crippen LogP contribution in [0.4, 0.5) is 0 Å². The van der Waals surface area contributed by atoms with Crippen molar-refractivity contribution < 1.29 is 19.4 Å². The summed E-state index contributed by atoms with van der Waals surface area (Å²) in [6.45, 7) is 12.3. The van der Waals surface area contributed by atoms with Crippen LogP contribution in [-0.4, -0.2) is 57.1 Å². The number of hydrogen-bond donors (Lipinski definition) is 1. The fourth-order valence-electron chi connectivity index (χ4n) is 5.04. The highest BCUT2D eigenvalue weighted by atomic mass is 28.3. The predicted molar refractivity (Wildman–Crippen MR) is 149 cm³/mol. The van der Waals surface area contributed by atoms with Crippen LogP contribution in [0.3, 0.4) is 0 Å². The van der Waals surface area contributed by atoms with Gasteiger partial charge >= 0.3 is 5.97 Å². The van der Waals surface area contributed by atoms with Crippen molar-refractivity contribution in [1.29, 1.82) is 0 Å². The second-order valence-electron chi connectivity index (χ2n) is 11.8. The number of nitrogens with zero attached hydrogens (tertiary/aromatic N) is 4. The van der Waals surface area contributed by atoms with E-state index in [0.29, 0.717) is 36.3 Å². The number of imidazole rings is 1. The molecule has 0 bridgehead atoms. The van der Waals surface area contributed by atoms with Gasteiger partial charge in [0.25, 0.3) is 5.91 Å². The van der Waals surface area contributed by atoms with Crippen LogP contribution in [0.15, 0.2) is 36.5 Å². The third kappa shape index (κ3) is 5.30. The number of carbonyl (C=O) groups is 2. The zero-order chi connectivity index (χ0) is 27.2. The minimum absolute atomic E-state index is 0.00177. The van der Waals surface area contributed by atoms with Crippen LogP contribution in [0.2, 0.25) is 25.7 Å². The summed E-state index contributed by atoms with van der Waals surface area (Å²) >= 11 is 0. The van der Waals surface area contributed by atoms with Gasteiger partial charge in [0.15, 0.2) is 11.5 Å². The number of carboxylic acids is 1. The van der Waals surface area contributed by atoms with Gasteiger partial charge in [0.1, 0.15) is 12.4 Å². The third-order valence-corrected chi connectivity index (χ3v) is 9.40. The van der Waals surface area contributed by atoms with Gasteiger partial charge in [0.2, 0.25) is 0 Å². The van der Waals surface area contributed by atoms with Gasteiger partial charge in [-0.1, -0.05) is 25.7 Å². The van der Waals surface area contributed by atoms with E-state index in [9.17, 15) is 14.7 Å². The quantitative estimate of drug-likeness (QED) is 0.266. The second kappa shape index (κ2) is 10.1. The Balaban J connectivity index is 1.42. The molecular formula is C29H36N4O4Si. The van der Waals surface area contributed by atoms with E-state index in [-0.39, 0.29) is 24.4 Å². The minimum atomic E-state index is -1.25. The lowest BCUT2D eigenvalue weighted by Gasteiger charge is -2.23. The van der Waals surface area contributed by atoms with Crippen LogP contribution >= 0.6 is 0 Å². The van der Waals surface area contributed by atoms with Gasteiger partial charge < -0.3 is 19.3 Å². The second-order valence-corrected chi connectivity index (χ2v) is 17.4. The van der Waals surface area contributed by atoms with Crippen molar-refractivity contribution in [2.45, 2.75) is 71.7 Å². The highest BCUT2D eigenvalue weighted by molar-refractivity contribution is 6.76. The van der Waals surface area contributed by atoms with E-state index in [1.807, 2.05) is 29.2 Å². The van der Waals surface area contributed by atoms with Crippen molar-refractivity contribution in [3.8, 4) is 22.6 Å². The number of ether oxygens (including phenoxy) is 1. The topological polar surface area (TPSA) is 97.5 Å². The summed E-state index contributed by atoms with van der Waals surface area (Å²) in [6.07, 6.45) is 4.12. The highest BCUT2D eigenvalue weighted by Crippen LogP contribution is 2.39. The Morgan fingerprint density at radius 3 is 2.61 bits per heavy atom. The normalized spacial score (nSPS) is 16.1. The molecule has 9 heteroatoms. The van der Waals surface area contributed by atoms with Crippen LogP contribution < -0.4 is 0 Å². The molecule has 0 saturated heterocycles. The third-order valence-electron chi connectivity index (χ3n) is 7.70. The Hall–Kier alpha value is -3.30. The van der Waals surface area contributed by atoms with Gasteiger partial charge in [-0.25, -0.2) is 9.78 Å². The smallest absolute Gasteiger partial charge is 0.356 e. The number of pyridine rings is 1. The number of benzene rings is 1. The van der Waals surface area contributed by atoms with Gasteiger partial charge in [-0.05, 0) is 79.6 Å². The average molecular weight is 533 g/mol. The SMILES string of the molecule is Cc1c(C(=O)O)nc(-c2cc(-c3ccc4c(c3)CN(C(C)C3CC3)C4=O)ccn2)n1COCC[Si](C)(C)C. The van der Waals surface area contributed by atoms with E-state index < -0.39 is 14.0 Å². The van der Waals surface area contributed by atoms with Crippen molar-refractivity contribution in [3.63, 3.8) is 0 Å². The predicted octanol–water partition coefficient (Wildman–Crippen LogP) is 5.69. The van der Waals surface area contributed by atoms with Crippen LogP contribution in [0, 0.1) is 12.8 Å². The number of fused-ring (bicyclic) bond motifs is 1. The first-order valence-electron chi connectivity index (χ1n) is 13.3. The zero-order valence-electron chi connectivity index (χ0n) is 22.8. The molecule has 1 amide bonds. The summed E-state index contributed by atoms with van der Waals surface area (Å²) in [7, 11) is -1.25. The number of carboxylic acid groups (broad SMARTS) is 1. The molecule has 1 unspecified atom stereocenters. The van der Waals surface area contributed by atoms with Crippen LogP contribution in [0.1, 0.15) is 51.9 Å². The minimum Gasteiger partial charge on any atom is -0.476 e. The molecule has 0 radical (unpaired) electrons. The average Bonchev–Trinajstić information content (AvgIpc) is 3.60. The van der Waals surface area contributed by atoms with E-state index in [4.69, 9.17) is 4.74 Å². The van der Waals surface area contributed by atoms with Crippen molar-refractivity contribution in [3.05, 3.63) is 59.0 Å². The first kappa shape index (κ1) is 26.3. The summed E-state index contributed by atoms with van der Waals surface area (Å²) < 4.78 is 7.75. The summed E-state index contributed by atoms with van der Waals surface area (Å²) in [5.74, 6) is 0.136. The lowest BCUT2D eigenvalue weighted by atomic mass is 10.0. The van der Waals surface area contributed by atoms with Crippen molar-refractivity contribution in [2.24, 2.45) is 5.92 Å². The van der Waals surface area contributed by atoms with Crippen LogP contribution in [-0.2, 0) is 18.0 Å². The molecule has 3 heterocycles. The largest absolute Gasteiger partial charge is 0.476 e. The van der Waals surface area contributed by atoms with E-state index in [2.05, 4.69) is 42.6 Å². The maximum atomic E-state index is 13.0. The molecule has 5 rings (SSSR count). The monoisotopic (exact) mass is 532 g/mol. The molecule has 1 aliphatic heterocycles. The molecule has 0 spiro atoms. The van der Waals surface area contributed by atoms with Gasteiger partial charge in [0.05, 0.1) is 5.69 Å². The Morgan fingerprint density at radius 2 is 1.92 bits per heavy atom. The highest BCUT2D eigenvalue weighted by Gasteiger charge is 2.38. The molecule has 200 valence electrons. The first-order valence-corrected chi connectivity index (χ1v) is 17.0. The number of amides is 1.